The van der Waals surface area contributed by atoms with Crippen LogP contribution < -0.4 is 0 Å². The second kappa shape index (κ2) is 3.20. The highest BCUT2D eigenvalue weighted by molar-refractivity contribution is 6.69. The number of fused-ring (bicyclic) bond motifs is 1. The summed E-state index contributed by atoms with van der Waals surface area (Å²) in [5, 5.41) is 0. The van der Waals surface area contributed by atoms with E-state index >= 15 is 0 Å². The van der Waals surface area contributed by atoms with Crippen molar-refractivity contribution in [1.29, 1.82) is 0 Å². The van der Waals surface area contributed by atoms with Gasteiger partial charge in [0.15, 0.2) is 0 Å². The number of benzene rings is 1. The van der Waals surface area contributed by atoms with E-state index in [-0.39, 0.29) is 0 Å². The van der Waals surface area contributed by atoms with Crippen LogP contribution in [0.2, 0.25) is 0 Å². The van der Waals surface area contributed by atoms with Crippen LogP contribution in [0.5, 0.6) is 0 Å². The van der Waals surface area contributed by atoms with Gasteiger partial charge in [-0.3, -0.25) is 0 Å². The summed E-state index contributed by atoms with van der Waals surface area (Å²) in [4.78, 5) is 0. The Bertz CT molecular complexity index is 361. The van der Waals surface area contributed by atoms with Crippen molar-refractivity contribution in [2.75, 3.05) is 0 Å². The van der Waals surface area contributed by atoms with Crippen LogP contribution in [-0.2, 0) is 6.42 Å². The average Bonchev–Trinajstić information content (AvgIpc) is 2.45. The molecule has 0 spiro atoms. The summed E-state index contributed by atoms with van der Waals surface area (Å²) in [5.41, 5.74) is 3.23. The molecule has 0 unspecified atom stereocenters. The Labute approximate surface area is 92.1 Å². The molecule has 0 N–H and O–H groups in total. The van der Waals surface area contributed by atoms with Gasteiger partial charge < -0.3 is 0 Å². The zero-order valence-electron chi connectivity index (χ0n) is 6.73. The lowest BCUT2D eigenvalue weighted by Crippen LogP contribution is -2.06. The third-order valence-electron chi connectivity index (χ3n) is 2.13. The lowest BCUT2D eigenvalue weighted by molar-refractivity contribution is 1.13. The molecule has 3 heteroatoms. The molecule has 0 atom stereocenters. The van der Waals surface area contributed by atoms with Crippen molar-refractivity contribution in [3.63, 3.8) is 0 Å². The highest BCUT2D eigenvalue weighted by Gasteiger charge is 2.29. The Kier molecular flexibility index (Phi) is 2.31. The molecule has 1 aliphatic rings. The number of hydrogen-bond acceptors (Lipinski definition) is 0. The van der Waals surface area contributed by atoms with Crippen LogP contribution in [0.25, 0.3) is 6.08 Å². The zero-order chi connectivity index (χ0) is 9.47. The highest BCUT2D eigenvalue weighted by Crippen LogP contribution is 2.41. The van der Waals surface area contributed by atoms with Crippen LogP contribution in [0.15, 0.2) is 29.8 Å². The van der Waals surface area contributed by atoms with Crippen molar-refractivity contribution < 1.29 is 0 Å². The highest BCUT2D eigenvalue weighted by atomic mass is 35.6. The molecule has 0 amide bonds. The molecular weight excluding hydrogens is 226 g/mol. The Balaban J connectivity index is 2.37. The second-order valence-corrected chi connectivity index (χ2v) is 5.32. The Morgan fingerprint density at radius 1 is 1.08 bits per heavy atom. The minimum atomic E-state index is -1.26. The molecule has 68 valence electrons. The van der Waals surface area contributed by atoms with Gasteiger partial charge in [0.25, 0.3) is 0 Å². The Morgan fingerprint density at radius 2 is 1.77 bits per heavy atom. The normalized spacial score (nSPS) is 15.5. The lowest BCUT2D eigenvalue weighted by atomic mass is 10.1. The van der Waals surface area contributed by atoms with E-state index in [1.54, 1.807) is 0 Å². The number of rotatable bonds is 0. The molecule has 0 aromatic heterocycles. The molecule has 0 bridgehead atoms. The summed E-state index contributed by atoms with van der Waals surface area (Å²) in [5.74, 6) is 0. The van der Waals surface area contributed by atoms with Gasteiger partial charge in [-0.05, 0) is 23.1 Å². The van der Waals surface area contributed by atoms with E-state index in [1.807, 2.05) is 24.3 Å². The SMILES string of the molecule is ClC(Cl)(Cl)C1=Cc2ccccc2C1. The maximum atomic E-state index is 5.79. The molecule has 0 radical (unpaired) electrons. The zero-order valence-corrected chi connectivity index (χ0v) is 9.00. The second-order valence-electron chi connectivity index (χ2n) is 3.04. The summed E-state index contributed by atoms with van der Waals surface area (Å²) in [6, 6.07) is 8.05. The fourth-order valence-electron chi connectivity index (χ4n) is 1.46. The smallest absolute Gasteiger partial charge is 0.0788 e. The monoisotopic (exact) mass is 232 g/mol. The number of halogens is 3. The van der Waals surface area contributed by atoms with Crippen LogP contribution in [0.4, 0.5) is 0 Å². The molecule has 0 heterocycles. The number of alkyl halides is 3. The van der Waals surface area contributed by atoms with Gasteiger partial charge in [-0.2, -0.15) is 0 Å². The van der Waals surface area contributed by atoms with E-state index < -0.39 is 3.79 Å². The van der Waals surface area contributed by atoms with Gasteiger partial charge in [0.2, 0.25) is 3.79 Å². The summed E-state index contributed by atoms with van der Waals surface area (Å²) in [6.45, 7) is 0. The Morgan fingerprint density at radius 3 is 2.38 bits per heavy atom. The van der Waals surface area contributed by atoms with Gasteiger partial charge in [-0.15, -0.1) is 0 Å². The molecule has 1 aromatic rings. The van der Waals surface area contributed by atoms with E-state index in [2.05, 4.69) is 6.07 Å². The number of allylic oxidation sites excluding steroid dienone is 1. The molecule has 0 fully saturated rings. The third kappa shape index (κ3) is 1.85. The lowest BCUT2D eigenvalue weighted by Gasteiger charge is -2.11. The molecular formula is C10H7Cl3. The molecule has 1 aliphatic carbocycles. The summed E-state index contributed by atoms with van der Waals surface area (Å²) in [7, 11) is 0. The quantitative estimate of drug-likeness (QED) is 0.594. The molecule has 0 nitrogen and oxygen atoms in total. The maximum absolute atomic E-state index is 5.79. The predicted octanol–water partition coefficient (Wildman–Crippen LogP) is 4.00. The van der Waals surface area contributed by atoms with Gasteiger partial charge in [-0.25, -0.2) is 0 Å². The van der Waals surface area contributed by atoms with Gasteiger partial charge >= 0.3 is 0 Å². The molecule has 0 saturated heterocycles. The van der Waals surface area contributed by atoms with Gasteiger partial charge in [0, 0.05) is 0 Å². The van der Waals surface area contributed by atoms with E-state index in [1.165, 1.54) is 5.56 Å². The van der Waals surface area contributed by atoms with E-state index in [0.717, 1.165) is 17.6 Å². The van der Waals surface area contributed by atoms with Crippen LogP contribution in [0.1, 0.15) is 11.1 Å². The van der Waals surface area contributed by atoms with Crippen molar-refractivity contribution >= 4 is 40.9 Å². The largest absolute Gasteiger partial charge is 0.212 e. The summed E-state index contributed by atoms with van der Waals surface area (Å²) >= 11 is 17.4. The summed E-state index contributed by atoms with van der Waals surface area (Å²) < 4.78 is -1.26. The van der Waals surface area contributed by atoms with E-state index in [9.17, 15) is 0 Å². The van der Waals surface area contributed by atoms with E-state index in [4.69, 9.17) is 34.8 Å². The molecule has 0 aliphatic heterocycles. The topological polar surface area (TPSA) is 0 Å². The van der Waals surface area contributed by atoms with Crippen molar-refractivity contribution in [2.45, 2.75) is 10.2 Å². The number of hydrogen-bond donors (Lipinski definition) is 0. The fourth-order valence-corrected chi connectivity index (χ4v) is 1.83. The predicted molar refractivity (Wildman–Crippen MR) is 58.4 cm³/mol. The van der Waals surface area contributed by atoms with Crippen molar-refractivity contribution in [1.82, 2.24) is 0 Å². The van der Waals surface area contributed by atoms with Gasteiger partial charge in [0.05, 0.1) is 0 Å². The minimum absolute atomic E-state index is 0.743. The maximum Gasteiger partial charge on any atom is 0.212 e. The Hall–Kier alpha value is -0.170. The average molecular weight is 234 g/mol. The first-order chi connectivity index (χ1) is 6.07. The standard InChI is InChI=1S/C10H7Cl3/c11-10(12,13)9-5-7-3-1-2-4-8(7)6-9/h1-5H,6H2. The van der Waals surface area contributed by atoms with Crippen LogP contribution in [0, 0.1) is 0 Å². The minimum Gasteiger partial charge on any atom is -0.0788 e. The van der Waals surface area contributed by atoms with Gasteiger partial charge in [0.1, 0.15) is 0 Å². The fraction of sp³-hybridized carbons (Fsp3) is 0.200. The van der Waals surface area contributed by atoms with Crippen molar-refractivity contribution in [3.8, 4) is 0 Å². The molecule has 1 aromatic carbocycles. The first kappa shape index (κ1) is 9.39. The van der Waals surface area contributed by atoms with Crippen LogP contribution in [0.3, 0.4) is 0 Å². The summed E-state index contributed by atoms with van der Waals surface area (Å²) in [6.07, 6.45) is 2.69. The van der Waals surface area contributed by atoms with Crippen molar-refractivity contribution in [2.24, 2.45) is 0 Å². The molecule has 13 heavy (non-hydrogen) atoms. The third-order valence-corrected chi connectivity index (χ3v) is 2.86. The first-order valence-electron chi connectivity index (χ1n) is 3.93. The van der Waals surface area contributed by atoms with E-state index in [0.29, 0.717) is 0 Å². The van der Waals surface area contributed by atoms with Gasteiger partial charge in [-0.1, -0.05) is 65.1 Å². The van der Waals surface area contributed by atoms with Crippen LogP contribution >= 0.6 is 34.8 Å². The molecule has 2 rings (SSSR count). The van der Waals surface area contributed by atoms with Crippen LogP contribution in [-0.4, -0.2) is 3.79 Å². The molecule has 0 saturated carbocycles. The van der Waals surface area contributed by atoms with Crippen molar-refractivity contribution in [3.05, 3.63) is 41.0 Å². The first-order valence-corrected chi connectivity index (χ1v) is 5.06.